The number of benzene rings is 1. The van der Waals surface area contributed by atoms with Crippen LogP contribution in [0.15, 0.2) is 33.8 Å². The minimum atomic E-state index is -0.139. The van der Waals surface area contributed by atoms with Crippen LogP contribution in [0.1, 0.15) is 43.0 Å². The highest BCUT2D eigenvalue weighted by molar-refractivity contribution is 9.10. The monoisotopic (exact) mass is 334 g/mol. The smallest absolute Gasteiger partial charge is 0.267 e. The Hall–Kier alpha value is -1.16. The zero-order chi connectivity index (χ0) is 14.1. The molecule has 106 valence electrons. The van der Waals surface area contributed by atoms with Gasteiger partial charge < -0.3 is 0 Å². The minimum absolute atomic E-state index is 0.139. The van der Waals surface area contributed by atoms with Crippen LogP contribution in [0.3, 0.4) is 0 Å². The van der Waals surface area contributed by atoms with E-state index in [2.05, 4.69) is 26.5 Å². The molecule has 2 aliphatic carbocycles. The van der Waals surface area contributed by atoms with Crippen LogP contribution in [-0.4, -0.2) is 11.6 Å². The van der Waals surface area contributed by atoms with E-state index in [9.17, 15) is 4.79 Å². The molecule has 0 aromatic heterocycles. The van der Waals surface area contributed by atoms with Crippen molar-refractivity contribution in [2.24, 2.45) is 22.9 Å². The Kier molecular flexibility index (Phi) is 3.92. The summed E-state index contributed by atoms with van der Waals surface area (Å²) >= 11 is 3.36. The van der Waals surface area contributed by atoms with Crippen LogP contribution in [0.2, 0.25) is 0 Å². The number of fused-ring (bicyclic) bond motifs is 2. The fourth-order valence-electron chi connectivity index (χ4n) is 3.64. The lowest BCUT2D eigenvalue weighted by Gasteiger charge is -2.21. The van der Waals surface area contributed by atoms with Gasteiger partial charge in [0, 0.05) is 21.7 Å². The summed E-state index contributed by atoms with van der Waals surface area (Å²) in [7, 11) is 0. The molecule has 4 heteroatoms. The Balaban J connectivity index is 1.61. The van der Waals surface area contributed by atoms with Gasteiger partial charge in [0.2, 0.25) is 0 Å². The Morgan fingerprint density at radius 3 is 2.60 bits per heavy atom. The third-order valence-corrected chi connectivity index (χ3v) is 5.24. The molecular formula is C16H19BrN2O. The van der Waals surface area contributed by atoms with E-state index in [1.54, 1.807) is 12.1 Å². The largest absolute Gasteiger partial charge is 0.271 e. The molecule has 2 aliphatic rings. The lowest BCUT2D eigenvalue weighted by atomic mass is 9.86. The number of hydrogen-bond acceptors (Lipinski definition) is 2. The van der Waals surface area contributed by atoms with Crippen molar-refractivity contribution in [1.29, 1.82) is 0 Å². The second-order valence-electron chi connectivity index (χ2n) is 5.98. The third kappa shape index (κ3) is 2.80. The van der Waals surface area contributed by atoms with Crippen molar-refractivity contribution in [2.45, 2.75) is 32.6 Å². The summed E-state index contributed by atoms with van der Waals surface area (Å²) in [6, 6.07) is 7.31. The number of halogens is 1. The van der Waals surface area contributed by atoms with Gasteiger partial charge in [0.05, 0.1) is 0 Å². The maximum atomic E-state index is 12.0. The molecule has 0 spiro atoms. The van der Waals surface area contributed by atoms with Gasteiger partial charge in [-0.15, -0.1) is 0 Å². The summed E-state index contributed by atoms with van der Waals surface area (Å²) in [5.41, 5.74) is 4.41. The molecule has 0 aliphatic heterocycles. The molecule has 0 heterocycles. The van der Waals surface area contributed by atoms with Crippen LogP contribution in [0.5, 0.6) is 0 Å². The first-order chi connectivity index (χ1) is 9.63. The first-order valence-electron chi connectivity index (χ1n) is 7.23. The summed E-state index contributed by atoms with van der Waals surface area (Å²) in [4.78, 5) is 12.0. The topological polar surface area (TPSA) is 41.5 Å². The predicted molar refractivity (Wildman–Crippen MR) is 83.7 cm³/mol. The second-order valence-corrected chi connectivity index (χ2v) is 6.90. The highest BCUT2D eigenvalue weighted by atomic mass is 79.9. The van der Waals surface area contributed by atoms with Crippen molar-refractivity contribution < 1.29 is 4.79 Å². The van der Waals surface area contributed by atoms with E-state index in [0.29, 0.717) is 11.5 Å². The molecule has 1 aromatic rings. The van der Waals surface area contributed by atoms with Crippen molar-refractivity contribution in [2.75, 3.05) is 0 Å². The molecule has 1 N–H and O–H groups in total. The second kappa shape index (κ2) is 5.68. The lowest BCUT2D eigenvalue weighted by molar-refractivity contribution is 0.0954. The first kappa shape index (κ1) is 13.8. The molecule has 2 fully saturated rings. The summed E-state index contributed by atoms with van der Waals surface area (Å²) in [6.07, 6.45) is 5.34. The Labute approximate surface area is 128 Å². The predicted octanol–water partition coefficient (Wildman–Crippen LogP) is 3.99. The SMILES string of the molecule is CC(=NNC(=O)c1ccc(Br)cc1)C1CC2CCC1C2. The average molecular weight is 335 g/mol. The number of carbonyl (C=O) groups excluding carboxylic acids is 1. The molecule has 3 rings (SSSR count). The van der Waals surface area contributed by atoms with E-state index in [1.807, 2.05) is 19.1 Å². The number of nitrogens with one attached hydrogen (secondary N) is 1. The molecule has 3 unspecified atom stereocenters. The van der Waals surface area contributed by atoms with Crippen molar-refractivity contribution in [3.05, 3.63) is 34.3 Å². The molecule has 2 saturated carbocycles. The summed E-state index contributed by atoms with van der Waals surface area (Å²) in [5, 5.41) is 4.33. The Bertz CT molecular complexity index is 538. The van der Waals surface area contributed by atoms with Crippen LogP contribution < -0.4 is 5.43 Å². The van der Waals surface area contributed by atoms with Crippen LogP contribution in [0.4, 0.5) is 0 Å². The van der Waals surface area contributed by atoms with E-state index in [-0.39, 0.29) is 5.91 Å². The zero-order valence-corrected chi connectivity index (χ0v) is 13.2. The van der Waals surface area contributed by atoms with Gasteiger partial charge in [0.1, 0.15) is 0 Å². The van der Waals surface area contributed by atoms with Crippen molar-refractivity contribution >= 4 is 27.5 Å². The summed E-state index contributed by atoms with van der Waals surface area (Å²) < 4.78 is 0.968. The normalized spacial score (nSPS) is 28.7. The van der Waals surface area contributed by atoms with Gasteiger partial charge in [0.15, 0.2) is 0 Å². The van der Waals surface area contributed by atoms with Gasteiger partial charge >= 0.3 is 0 Å². The molecule has 0 saturated heterocycles. The van der Waals surface area contributed by atoms with E-state index in [0.717, 1.165) is 22.0 Å². The first-order valence-corrected chi connectivity index (χ1v) is 8.03. The number of nitrogens with zero attached hydrogens (tertiary/aromatic N) is 1. The fraction of sp³-hybridized carbons (Fsp3) is 0.500. The number of amides is 1. The standard InChI is InChI=1S/C16H19BrN2O/c1-10(15-9-11-2-3-13(15)8-11)18-19-16(20)12-4-6-14(17)7-5-12/h4-7,11,13,15H,2-3,8-9H2,1H3,(H,19,20). The third-order valence-electron chi connectivity index (χ3n) is 4.71. The summed E-state index contributed by atoms with van der Waals surface area (Å²) in [6.45, 7) is 2.05. The number of hydrazone groups is 1. The van der Waals surface area contributed by atoms with Gasteiger partial charge in [-0.25, -0.2) is 5.43 Å². The minimum Gasteiger partial charge on any atom is -0.267 e. The molecule has 1 aromatic carbocycles. The molecule has 20 heavy (non-hydrogen) atoms. The van der Waals surface area contributed by atoms with Gasteiger partial charge in [-0.1, -0.05) is 22.4 Å². The van der Waals surface area contributed by atoms with Gasteiger partial charge in [0.25, 0.3) is 5.91 Å². The van der Waals surface area contributed by atoms with E-state index >= 15 is 0 Å². The van der Waals surface area contributed by atoms with E-state index < -0.39 is 0 Å². The molecule has 3 nitrogen and oxygen atoms in total. The van der Waals surface area contributed by atoms with Gasteiger partial charge in [-0.05, 0) is 62.3 Å². The van der Waals surface area contributed by atoms with Gasteiger partial charge in [-0.2, -0.15) is 5.10 Å². The maximum Gasteiger partial charge on any atom is 0.271 e. The van der Waals surface area contributed by atoms with Crippen LogP contribution in [0.25, 0.3) is 0 Å². The average Bonchev–Trinajstić information content (AvgIpc) is 3.08. The van der Waals surface area contributed by atoms with Gasteiger partial charge in [-0.3, -0.25) is 4.79 Å². The Morgan fingerprint density at radius 2 is 2.00 bits per heavy atom. The number of rotatable bonds is 3. The zero-order valence-electron chi connectivity index (χ0n) is 11.6. The van der Waals surface area contributed by atoms with E-state index in [1.165, 1.54) is 25.7 Å². The van der Waals surface area contributed by atoms with Crippen LogP contribution in [0, 0.1) is 17.8 Å². The maximum absolute atomic E-state index is 12.0. The molecule has 3 atom stereocenters. The molecule has 1 amide bonds. The molecule has 0 radical (unpaired) electrons. The number of carbonyl (C=O) groups is 1. The fourth-order valence-corrected chi connectivity index (χ4v) is 3.91. The van der Waals surface area contributed by atoms with Crippen molar-refractivity contribution in [3.8, 4) is 0 Å². The van der Waals surface area contributed by atoms with Crippen LogP contribution in [-0.2, 0) is 0 Å². The quantitative estimate of drug-likeness (QED) is 0.659. The van der Waals surface area contributed by atoms with Crippen molar-refractivity contribution in [3.63, 3.8) is 0 Å². The lowest BCUT2D eigenvalue weighted by Crippen LogP contribution is -2.24. The Morgan fingerprint density at radius 1 is 1.25 bits per heavy atom. The highest BCUT2D eigenvalue weighted by Gasteiger charge is 2.40. The number of hydrogen-bond donors (Lipinski definition) is 1. The van der Waals surface area contributed by atoms with Crippen LogP contribution >= 0.6 is 15.9 Å². The molecular weight excluding hydrogens is 316 g/mol. The molecule has 2 bridgehead atoms. The van der Waals surface area contributed by atoms with Crippen molar-refractivity contribution in [1.82, 2.24) is 5.43 Å². The summed E-state index contributed by atoms with van der Waals surface area (Å²) in [5.74, 6) is 2.14. The van der Waals surface area contributed by atoms with E-state index in [4.69, 9.17) is 0 Å². The highest BCUT2D eigenvalue weighted by Crippen LogP contribution is 2.48.